The van der Waals surface area contributed by atoms with Crippen LogP contribution in [-0.2, 0) is 24.2 Å². The maximum atomic E-state index is 12.3. The summed E-state index contributed by atoms with van der Waals surface area (Å²) in [5, 5.41) is 3.69. The summed E-state index contributed by atoms with van der Waals surface area (Å²) in [7, 11) is 0. The van der Waals surface area contributed by atoms with Gasteiger partial charge in [-0.1, -0.05) is 60.1 Å². The SMILES string of the molecule is Cc1ccccc1Cn1c(CCNC(=O)Cc2ccc(Cl)cc2)nc2ccccc21. The van der Waals surface area contributed by atoms with Crippen LogP contribution in [0.2, 0.25) is 5.02 Å². The molecule has 0 aliphatic rings. The summed E-state index contributed by atoms with van der Waals surface area (Å²) < 4.78 is 2.25. The number of para-hydroxylation sites is 2. The van der Waals surface area contributed by atoms with Gasteiger partial charge in [-0.25, -0.2) is 4.98 Å². The summed E-state index contributed by atoms with van der Waals surface area (Å²) in [6.07, 6.45) is 1.02. The molecule has 30 heavy (non-hydrogen) atoms. The molecule has 3 aromatic carbocycles. The van der Waals surface area contributed by atoms with E-state index in [9.17, 15) is 4.79 Å². The number of aromatic nitrogens is 2. The van der Waals surface area contributed by atoms with Gasteiger partial charge in [0.2, 0.25) is 5.91 Å². The largest absolute Gasteiger partial charge is 0.355 e. The molecule has 4 aromatic rings. The van der Waals surface area contributed by atoms with Crippen molar-refractivity contribution < 1.29 is 4.79 Å². The molecule has 4 nitrogen and oxygen atoms in total. The van der Waals surface area contributed by atoms with E-state index in [0.29, 0.717) is 24.4 Å². The first-order valence-electron chi connectivity index (χ1n) is 10.1. The Labute approximate surface area is 181 Å². The number of aryl methyl sites for hydroxylation is 1. The number of rotatable bonds is 7. The van der Waals surface area contributed by atoms with Gasteiger partial charge in [-0.15, -0.1) is 0 Å². The van der Waals surface area contributed by atoms with Gasteiger partial charge in [0.05, 0.1) is 17.5 Å². The number of fused-ring (bicyclic) bond motifs is 1. The lowest BCUT2D eigenvalue weighted by Crippen LogP contribution is -2.28. The summed E-state index contributed by atoms with van der Waals surface area (Å²) in [6.45, 7) is 3.44. The van der Waals surface area contributed by atoms with E-state index in [2.05, 4.69) is 47.1 Å². The number of benzene rings is 3. The van der Waals surface area contributed by atoms with Gasteiger partial charge in [0.15, 0.2) is 0 Å². The monoisotopic (exact) mass is 417 g/mol. The highest BCUT2D eigenvalue weighted by molar-refractivity contribution is 6.30. The molecule has 0 saturated carbocycles. The Morgan fingerprint density at radius 2 is 1.73 bits per heavy atom. The standard InChI is InChI=1S/C25H24ClN3O/c1-18-6-2-3-7-20(18)17-29-23-9-5-4-8-22(23)28-24(29)14-15-27-25(30)16-19-10-12-21(26)13-11-19/h2-13H,14-17H2,1H3,(H,27,30). The van der Waals surface area contributed by atoms with Crippen LogP contribution in [0.5, 0.6) is 0 Å². The Hall–Kier alpha value is -3.11. The number of hydrogen-bond donors (Lipinski definition) is 1. The average molecular weight is 418 g/mol. The van der Waals surface area contributed by atoms with Crippen molar-refractivity contribution in [2.45, 2.75) is 26.3 Å². The molecular weight excluding hydrogens is 394 g/mol. The molecule has 0 radical (unpaired) electrons. The summed E-state index contributed by atoms with van der Waals surface area (Å²) in [5.74, 6) is 0.977. The maximum absolute atomic E-state index is 12.3. The molecule has 1 N–H and O–H groups in total. The number of imidazole rings is 1. The first-order valence-corrected chi connectivity index (χ1v) is 10.5. The third kappa shape index (κ3) is 4.71. The predicted octanol–water partition coefficient (Wildman–Crippen LogP) is 4.95. The van der Waals surface area contributed by atoms with Crippen LogP contribution >= 0.6 is 11.6 Å². The normalized spacial score (nSPS) is 11.0. The van der Waals surface area contributed by atoms with Gasteiger partial charge in [-0.2, -0.15) is 0 Å². The number of halogens is 1. The summed E-state index contributed by atoms with van der Waals surface area (Å²) >= 11 is 5.91. The molecule has 1 aromatic heterocycles. The van der Waals surface area contributed by atoms with E-state index in [-0.39, 0.29) is 5.91 Å². The molecule has 0 fully saturated rings. The Balaban J connectivity index is 1.46. The van der Waals surface area contributed by atoms with E-state index in [0.717, 1.165) is 29.0 Å². The Morgan fingerprint density at radius 3 is 2.53 bits per heavy atom. The Morgan fingerprint density at radius 1 is 1.00 bits per heavy atom. The van der Waals surface area contributed by atoms with Crippen LogP contribution in [0, 0.1) is 6.92 Å². The summed E-state index contributed by atoms with van der Waals surface area (Å²) in [6, 6.07) is 24.0. The highest BCUT2D eigenvalue weighted by Crippen LogP contribution is 2.19. The van der Waals surface area contributed by atoms with Crippen molar-refractivity contribution in [3.63, 3.8) is 0 Å². The fourth-order valence-corrected chi connectivity index (χ4v) is 3.74. The second kappa shape index (κ2) is 9.14. The number of carbonyl (C=O) groups excluding carboxylic acids is 1. The molecule has 5 heteroatoms. The molecule has 1 amide bonds. The smallest absolute Gasteiger partial charge is 0.224 e. The fourth-order valence-electron chi connectivity index (χ4n) is 3.61. The van der Waals surface area contributed by atoms with Crippen molar-refractivity contribution >= 4 is 28.5 Å². The Kier molecular flexibility index (Phi) is 6.15. The van der Waals surface area contributed by atoms with Gasteiger partial charge < -0.3 is 9.88 Å². The lowest BCUT2D eigenvalue weighted by molar-refractivity contribution is -0.120. The van der Waals surface area contributed by atoms with Gasteiger partial charge >= 0.3 is 0 Å². The molecule has 1 heterocycles. The molecule has 4 rings (SSSR count). The van der Waals surface area contributed by atoms with Gasteiger partial charge in [0, 0.05) is 24.5 Å². The lowest BCUT2D eigenvalue weighted by atomic mass is 10.1. The second-order valence-electron chi connectivity index (χ2n) is 7.43. The van der Waals surface area contributed by atoms with E-state index in [1.165, 1.54) is 11.1 Å². The van der Waals surface area contributed by atoms with Crippen LogP contribution in [0.1, 0.15) is 22.5 Å². The van der Waals surface area contributed by atoms with E-state index < -0.39 is 0 Å². The third-order valence-electron chi connectivity index (χ3n) is 5.27. The molecule has 0 saturated heterocycles. The van der Waals surface area contributed by atoms with Crippen LogP contribution in [0.25, 0.3) is 11.0 Å². The first-order chi connectivity index (χ1) is 14.6. The van der Waals surface area contributed by atoms with Gasteiger partial charge in [0.1, 0.15) is 5.82 Å². The van der Waals surface area contributed by atoms with E-state index in [1.807, 2.05) is 30.3 Å². The molecule has 0 unspecified atom stereocenters. The van der Waals surface area contributed by atoms with E-state index >= 15 is 0 Å². The molecular formula is C25H24ClN3O. The number of nitrogens with zero attached hydrogens (tertiary/aromatic N) is 2. The van der Waals surface area contributed by atoms with Crippen LogP contribution in [0.4, 0.5) is 0 Å². The minimum Gasteiger partial charge on any atom is -0.355 e. The summed E-state index contributed by atoms with van der Waals surface area (Å²) in [5.41, 5.74) is 5.58. The topological polar surface area (TPSA) is 46.9 Å². The molecule has 0 spiro atoms. The zero-order chi connectivity index (χ0) is 20.9. The maximum Gasteiger partial charge on any atom is 0.224 e. The van der Waals surface area contributed by atoms with Crippen LogP contribution < -0.4 is 5.32 Å². The van der Waals surface area contributed by atoms with Crippen molar-refractivity contribution in [2.75, 3.05) is 6.54 Å². The van der Waals surface area contributed by atoms with Crippen molar-refractivity contribution in [1.29, 1.82) is 0 Å². The van der Waals surface area contributed by atoms with E-state index in [4.69, 9.17) is 16.6 Å². The highest BCUT2D eigenvalue weighted by atomic mass is 35.5. The molecule has 0 aliphatic carbocycles. The zero-order valence-electron chi connectivity index (χ0n) is 16.9. The predicted molar refractivity (Wildman–Crippen MR) is 122 cm³/mol. The van der Waals surface area contributed by atoms with Crippen molar-refractivity contribution in [2.24, 2.45) is 0 Å². The van der Waals surface area contributed by atoms with Gasteiger partial charge in [-0.3, -0.25) is 4.79 Å². The third-order valence-corrected chi connectivity index (χ3v) is 5.52. The second-order valence-corrected chi connectivity index (χ2v) is 7.87. The quantitative estimate of drug-likeness (QED) is 0.462. The fraction of sp³-hybridized carbons (Fsp3) is 0.200. The number of amides is 1. The molecule has 0 aliphatic heterocycles. The number of nitrogens with one attached hydrogen (secondary N) is 1. The van der Waals surface area contributed by atoms with Crippen LogP contribution in [0.15, 0.2) is 72.8 Å². The minimum absolute atomic E-state index is 0.00103. The van der Waals surface area contributed by atoms with Crippen molar-refractivity contribution in [3.05, 3.63) is 100 Å². The van der Waals surface area contributed by atoms with Gasteiger partial charge in [0.25, 0.3) is 0 Å². The number of hydrogen-bond acceptors (Lipinski definition) is 2. The van der Waals surface area contributed by atoms with Crippen molar-refractivity contribution in [3.8, 4) is 0 Å². The average Bonchev–Trinajstić information content (AvgIpc) is 3.09. The summed E-state index contributed by atoms with van der Waals surface area (Å²) in [4.78, 5) is 17.1. The highest BCUT2D eigenvalue weighted by Gasteiger charge is 2.12. The number of carbonyl (C=O) groups is 1. The Bertz CT molecular complexity index is 1160. The van der Waals surface area contributed by atoms with E-state index in [1.54, 1.807) is 12.1 Å². The van der Waals surface area contributed by atoms with Crippen LogP contribution in [0.3, 0.4) is 0 Å². The minimum atomic E-state index is -0.00103. The zero-order valence-corrected chi connectivity index (χ0v) is 17.7. The molecule has 0 bridgehead atoms. The lowest BCUT2D eigenvalue weighted by Gasteiger charge is -2.12. The van der Waals surface area contributed by atoms with Gasteiger partial charge in [-0.05, 0) is 47.9 Å². The van der Waals surface area contributed by atoms with Crippen LogP contribution in [-0.4, -0.2) is 22.0 Å². The molecule has 0 atom stereocenters. The molecule has 152 valence electrons. The first kappa shape index (κ1) is 20.2. The van der Waals surface area contributed by atoms with Crippen molar-refractivity contribution in [1.82, 2.24) is 14.9 Å².